The summed E-state index contributed by atoms with van der Waals surface area (Å²) in [6.07, 6.45) is 12.5. The van der Waals surface area contributed by atoms with Crippen molar-refractivity contribution in [3.63, 3.8) is 0 Å². The molecule has 0 spiro atoms. The molecule has 4 aromatic heterocycles. The van der Waals surface area contributed by atoms with Gasteiger partial charge in [0.05, 0.1) is 54.4 Å². The molecule has 1 saturated heterocycles. The first-order chi connectivity index (χ1) is 31.6. The van der Waals surface area contributed by atoms with Gasteiger partial charge in [-0.25, -0.2) is 19.9 Å². The minimum Gasteiger partial charge on any atom is -0.492 e. The number of hydrogen-bond acceptors (Lipinski definition) is 15. The molecule has 0 radical (unpaired) electrons. The van der Waals surface area contributed by atoms with Crippen LogP contribution in [0.3, 0.4) is 0 Å². The maximum Gasteiger partial charge on any atom is 0.306 e. The number of anilines is 4. The molecule has 1 fully saturated rings. The molecule has 3 aliphatic heterocycles. The number of aliphatic imine (C=N–C) groups is 2. The first kappa shape index (κ1) is 42.9. The Bertz CT molecular complexity index is 2890. The maximum absolute atomic E-state index is 13.3. The number of hydrogen-bond donors (Lipinski definition) is 3. The zero-order valence-electron chi connectivity index (χ0n) is 37.0. The zero-order valence-corrected chi connectivity index (χ0v) is 38.7. The number of ether oxygens (including phenoxy) is 2. The summed E-state index contributed by atoms with van der Waals surface area (Å²) in [6, 6.07) is 8.71. The number of benzene rings is 2. The van der Waals surface area contributed by atoms with Gasteiger partial charge in [0.1, 0.15) is 45.5 Å². The van der Waals surface area contributed by atoms with Crippen LogP contribution < -0.4 is 20.1 Å². The van der Waals surface area contributed by atoms with Crippen LogP contribution >= 0.6 is 22.7 Å². The van der Waals surface area contributed by atoms with Gasteiger partial charge in [-0.2, -0.15) is 0 Å². The first-order valence-corrected chi connectivity index (χ1v) is 24.1. The number of likely N-dealkylation sites (N-methyl/N-ethyl adjacent to an activating group) is 1. The highest BCUT2D eigenvalue weighted by atomic mass is 32.1. The van der Waals surface area contributed by atoms with Crippen molar-refractivity contribution in [2.24, 2.45) is 21.8 Å². The monoisotopic (exact) mass is 912 g/mol. The largest absolute Gasteiger partial charge is 0.492 e. The summed E-state index contributed by atoms with van der Waals surface area (Å²) in [6.45, 7) is 8.19. The Morgan fingerprint density at radius 1 is 0.754 bits per heavy atom. The Morgan fingerprint density at radius 2 is 1.28 bits per heavy atom. The highest BCUT2D eigenvalue weighted by Crippen LogP contribution is 2.44. The third-order valence-corrected chi connectivity index (χ3v) is 15.5. The topological polar surface area (TPSA) is 180 Å². The second kappa shape index (κ2) is 18.1. The van der Waals surface area contributed by atoms with E-state index < -0.39 is 5.97 Å². The lowest BCUT2D eigenvalue weighted by Crippen LogP contribution is -2.39. The van der Waals surface area contributed by atoms with Crippen LogP contribution in [0.4, 0.5) is 23.0 Å². The predicted octanol–water partition coefficient (Wildman–Crippen LogP) is 7.99. The average Bonchev–Trinajstić information content (AvgIpc) is 4.16. The standard InChI is InChI=1S/C27H32N6O2S.C21H20N4O3S/c1-4-35-22-10-18-13-28-12-17(18)9-21(22)31-25-24-20-6-5-16(11-23(20)36-26(24)30-15-29-25)27(34)33-8-7-19(14-33)32(2)3;1-2-28-16-6-13-9-22-8-12(13)5-15(16)25-19-18-14-4-3-11(21(26)27)7-17(14)29-20(18)24-10-23-19/h9-10,12,15-16,19H,4-8,11,13-14H2,1-3H3,(H,29,30,31);5-6,8,10-11H,2-4,7,9H2,1H3,(H,26,27)(H,23,24,25). The molecule has 3 N–H and O–H groups in total. The molecular weight excluding hydrogens is 861 g/mol. The van der Waals surface area contributed by atoms with E-state index in [2.05, 4.69) is 76.6 Å². The summed E-state index contributed by atoms with van der Waals surface area (Å²) in [4.78, 5) is 60.2. The van der Waals surface area contributed by atoms with Crippen molar-refractivity contribution < 1.29 is 24.2 Å². The van der Waals surface area contributed by atoms with Crippen LogP contribution in [0, 0.1) is 11.8 Å². The third kappa shape index (κ3) is 8.40. The maximum atomic E-state index is 13.3. The number of rotatable bonds is 11. The van der Waals surface area contributed by atoms with Gasteiger partial charge in [0.15, 0.2) is 0 Å². The molecule has 1 amide bonds. The van der Waals surface area contributed by atoms with Gasteiger partial charge in [0, 0.05) is 47.2 Å². The SMILES string of the molecule is CCOc1cc2c(cc1Nc1ncnc3sc4c(c13)CCC(C(=O)N1CCC(N(C)C)C1)C4)C=NC2.CCOc1cc2c(cc1Nc1ncnc3sc4c(c13)CCC(C(=O)O)C4)C=NC2. The molecule has 0 bridgehead atoms. The molecule has 5 aliphatic rings. The van der Waals surface area contributed by atoms with Crippen molar-refractivity contribution in [3.8, 4) is 11.5 Å². The number of aliphatic carboxylic acids is 1. The van der Waals surface area contributed by atoms with Crippen molar-refractivity contribution in [2.45, 2.75) is 77.9 Å². The zero-order chi connectivity index (χ0) is 44.8. The van der Waals surface area contributed by atoms with E-state index in [1.54, 1.807) is 35.3 Å². The Labute approximate surface area is 385 Å². The van der Waals surface area contributed by atoms with Gasteiger partial charge >= 0.3 is 5.97 Å². The lowest BCUT2D eigenvalue weighted by atomic mass is 9.87. The van der Waals surface area contributed by atoms with E-state index >= 15 is 0 Å². The van der Waals surface area contributed by atoms with Gasteiger partial charge < -0.3 is 35.0 Å². The fraction of sp³-hybridized carbons (Fsp3) is 0.417. The van der Waals surface area contributed by atoms with E-state index in [0.717, 1.165) is 122 Å². The normalized spacial score (nSPS) is 19.2. The number of carboxylic acid groups (broad SMARTS) is 1. The molecular formula is C48H52N10O5S2. The fourth-order valence-corrected chi connectivity index (χ4v) is 12.3. The number of nitrogens with one attached hydrogen (secondary N) is 2. The van der Waals surface area contributed by atoms with Crippen LogP contribution in [-0.2, 0) is 48.4 Å². The fourth-order valence-electron chi connectivity index (χ4n) is 9.73. The molecule has 7 heterocycles. The summed E-state index contributed by atoms with van der Waals surface area (Å²) in [5.74, 6) is 2.44. The number of likely N-dealkylation sites (tertiary alicyclic amines) is 1. The number of nitrogens with zero attached hydrogens (tertiary/aromatic N) is 8. The highest BCUT2D eigenvalue weighted by molar-refractivity contribution is 7.19. The number of carbonyl (C=O) groups excluding carboxylic acids is 1. The molecule has 17 heteroatoms. The van der Waals surface area contributed by atoms with Gasteiger partial charge in [-0.1, -0.05) is 0 Å². The number of fused-ring (bicyclic) bond motifs is 8. The molecule has 65 heavy (non-hydrogen) atoms. The quantitative estimate of drug-likeness (QED) is 0.114. The van der Waals surface area contributed by atoms with Crippen LogP contribution in [0.2, 0.25) is 0 Å². The summed E-state index contributed by atoms with van der Waals surface area (Å²) < 4.78 is 11.8. The highest BCUT2D eigenvalue weighted by Gasteiger charge is 2.35. The van der Waals surface area contributed by atoms with E-state index in [4.69, 9.17) is 9.47 Å². The van der Waals surface area contributed by atoms with Crippen LogP contribution in [-0.4, -0.2) is 106 Å². The van der Waals surface area contributed by atoms with E-state index in [1.807, 2.05) is 38.4 Å². The van der Waals surface area contributed by atoms with Gasteiger partial charge in [-0.3, -0.25) is 19.6 Å². The number of aromatic nitrogens is 4. The van der Waals surface area contributed by atoms with Crippen LogP contribution in [0.5, 0.6) is 11.5 Å². The van der Waals surface area contributed by atoms with E-state index in [1.165, 1.54) is 21.6 Å². The van der Waals surface area contributed by atoms with Crippen molar-refractivity contribution >= 4 is 90.4 Å². The number of carbonyl (C=O) groups is 2. The molecule has 3 unspecified atom stereocenters. The van der Waals surface area contributed by atoms with Crippen molar-refractivity contribution in [1.82, 2.24) is 29.7 Å². The van der Waals surface area contributed by atoms with Crippen LogP contribution in [0.1, 0.15) is 76.2 Å². The molecule has 2 aromatic carbocycles. The lowest BCUT2D eigenvalue weighted by molar-refractivity contribution is -0.142. The van der Waals surface area contributed by atoms with Gasteiger partial charge in [-0.15, -0.1) is 22.7 Å². The molecule has 3 atom stereocenters. The third-order valence-electron chi connectivity index (χ3n) is 13.2. The van der Waals surface area contributed by atoms with E-state index in [-0.39, 0.29) is 11.8 Å². The Hall–Kier alpha value is -6.04. The second-order valence-corrected chi connectivity index (χ2v) is 19.5. The summed E-state index contributed by atoms with van der Waals surface area (Å²) in [5, 5.41) is 18.5. The van der Waals surface area contributed by atoms with Gasteiger partial charge in [0.2, 0.25) is 5.91 Å². The molecule has 6 aromatic rings. The first-order valence-electron chi connectivity index (χ1n) is 22.5. The van der Waals surface area contributed by atoms with Crippen LogP contribution in [0.25, 0.3) is 20.4 Å². The van der Waals surface area contributed by atoms with Gasteiger partial charge in [0.25, 0.3) is 0 Å². The van der Waals surface area contributed by atoms with Gasteiger partial charge in [-0.05, 0) is 131 Å². The van der Waals surface area contributed by atoms with Crippen molar-refractivity contribution in [1.29, 1.82) is 0 Å². The molecule has 0 saturated carbocycles. The van der Waals surface area contributed by atoms with E-state index in [9.17, 15) is 14.7 Å². The number of amides is 1. The molecule has 336 valence electrons. The van der Waals surface area contributed by atoms with Crippen molar-refractivity contribution in [2.75, 3.05) is 51.0 Å². The predicted molar refractivity (Wildman–Crippen MR) is 257 cm³/mol. The average molecular weight is 913 g/mol. The van der Waals surface area contributed by atoms with Crippen LogP contribution in [0.15, 0.2) is 46.9 Å². The number of carboxylic acids is 1. The summed E-state index contributed by atoms with van der Waals surface area (Å²) in [5.41, 5.74) is 8.71. The Balaban J connectivity index is 0.000000157. The summed E-state index contributed by atoms with van der Waals surface area (Å²) >= 11 is 3.28. The molecule has 15 nitrogen and oxygen atoms in total. The van der Waals surface area contributed by atoms with E-state index in [0.29, 0.717) is 51.1 Å². The second-order valence-electron chi connectivity index (χ2n) is 17.4. The summed E-state index contributed by atoms with van der Waals surface area (Å²) in [7, 11) is 4.20. The lowest BCUT2D eigenvalue weighted by Gasteiger charge is -2.27. The molecule has 11 rings (SSSR count). The molecule has 2 aliphatic carbocycles. The Morgan fingerprint density at radius 3 is 1.77 bits per heavy atom. The number of aryl methyl sites for hydroxylation is 2. The van der Waals surface area contributed by atoms with Crippen molar-refractivity contribution in [3.05, 3.63) is 80.1 Å². The number of thiophene rings is 2. The smallest absolute Gasteiger partial charge is 0.306 e. The minimum absolute atomic E-state index is 0.0522. The Kier molecular flexibility index (Phi) is 11.9. The minimum atomic E-state index is -0.723.